The maximum Gasteiger partial charge on any atom is 0.355 e. The summed E-state index contributed by atoms with van der Waals surface area (Å²) in [5.41, 5.74) is -2.63. The number of aromatic hydroxyl groups is 1. The predicted octanol–water partition coefficient (Wildman–Crippen LogP) is 1.29. The zero-order chi connectivity index (χ0) is 11.6. The molecule has 1 rings (SSSR count). The molecule has 0 aromatic carbocycles. The SMILES string of the molecule is N#Cc1c(C(=O)O)ncc(O)c1C(F)F. The van der Waals surface area contributed by atoms with Gasteiger partial charge in [0.15, 0.2) is 5.69 Å². The van der Waals surface area contributed by atoms with Crippen LogP contribution in [0.5, 0.6) is 5.75 Å². The number of pyridine rings is 1. The van der Waals surface area contributed by atoms with Crippen molar-refractivity contribution in [3.63, 3.8) is 0 Å². The number of alkyl halides is 2. The van der Waals surface area contributed by atoms with Crippen molar-refractivity contribution in [2.45, 2.75) is 6.43 Å². The van der Waals surface area contributed by atoms with Gasteiger partial charge in [0.05, 0.1) is 17.3 Å². The third-order valence-corrected chi connectivity index (χ3v) is 1.63. The molecule has 0 aliphatic rings. The molecule has 0 saturated heterocycles. The third-order valence-electron chi connectivity index (χ3n) is 1.63. The number of carboxylic acid groups (broad SMARTS) is 1. The van der Waals surface area contributed by atoms with Crippen molar-refractivity contribution in [1.29, 1.82) is 5.26 Å². The van der Waals surface area contributed by atoms with E-state index in [1.807, 2.05) is 0 Å². The van der Waals surface area contributed by atoms with Crippen molar-refractivity contribution < 1.29 is 23.8 Å². The van der Waals surface area contributed by atoms with E-state index >= 15 is 0 Å². The minimum atomic E-state index is -3.14. The van der Waals surface area contributed by atoms with Gasteiger partial charge in [-0.05, 0) is 0 Å². The average molecular weight is 214 g/mol. The molecular weight excluding hydrogens is 210 g/mol. The zero-order valence-corrected chi connectivity index (χ0v) is 7.11. The quantitative estimate of drug-likeness (QED) is 0.773. The number of aromatic carboxylic acids is 1. The fourth-order valence-electron chi connectivity index (χ4n) is 1.01. The standard InChI is InChI=1S/C8H4F2N2O3/c9-7(10)5-3(1-11)6(8(14)15)12-2-4(5)13/h2,7,13H,(H,14,15). The Balaban J connectivity index is 3.56. The first-order valence-electron chi connectivity index (χ1n) is 3.62. The lowest BCUT2D eigenvalue weighted by atomic mass is 10.1. The van der Waals surface area contributed by atoms with Crippen molar-refractivity contribution in [3.05, 3.63) is 23.0 Å². The number of nitriles is 1. The van der Waals surface area contributed by atoms with E-state index < -0.39 is 35.0 Å². The summed E-state index contributed by atoms with van der Waals surface area (Å²) in [6.45, 7) is 0. The van der Waals surface area contributed by atoms with Crippen molar-refractivity contribution in [3.8, 4) is 11.8 Å². The largest absolute Gasteiger partial charge is 0.506 e. The second-order valence-corrected chi connectivity index (χ2v) is 2.50. The maximum absolute atomic E-state index is 12.4. The van der Waals surface area contributed by atoms with E-state index in [0.717, 1.165) is 0 Å². The Morgan fingerprint density at radius 3 is 2.60 bits per heavy atom. The van der Waals surface area contributed by atoms with Crippen molar-refractivity contribution in [2.75, 3.05) is 0 Å². The van der Waals surface area contributed by atoms with Crippen LogP contribution in [0.25, 0.3) is 0 Å². The minimum Gasteiger partial charge on any atom is -0.506 e. The second kappa shape index (κ2) is 3.88. The van der Waals surface area contributed by atoms with Gasteiger partial charge in [-0.3, -0.25) is 0 Å². The Bertz CT molecular complexity index is 454. The molecule has 0 fully saturated rings. The number of rotatable bonds is 2. The molecule has 2 N–H and O–H groups in total. The van der Waals surface area contributed by atoms with E-state index in [9.17, 15) is 13.6 Å². The fraction of sp³-hybridized carbons (Fsp3) is 0.125. The number of carboxylic acids is 1. The number of carbonyl (C=O) groups is 1. The Kier molecular flexibility index (Phi) is 2.80. The summed E-state index contributed by atoms with van der Waals surface area (Å²) in [5, 5.41) is 26.1. The molecule has 15 heavy (non-hydrogen) atoms. The van der Waals surface area contributed by atoms with Gasteiger partial charge in [-0.1, -0.05) is 0 Å². The van der Waals surface area contributed by atoms with Gasteiger partial charge in [0.2, 0.25) is 0 Å². The van der Waals surface area contributed by atoms with Gasteiger partial charge < -0.3 is 10.2 Å². The third kappa shape index (κ3) is 1.83. The van der Waals surface area contributed by atoms with Gasteiger partial charge in [0, 0.05) is 0 Å². The fourth-order valence-corrected chi connectivity index (χ4v) is 1.01. The van der Waals surface area contributed by atoms with E-state index in [-0.39, 0.29) is 0 Å². The zero-order valence-electron chi connectivity index (χ0n) is 7.11. The molecule has 0 saturated carbocycles. The molecule has 7 heteroatoms. The molecule has 0 atom stereocenters. The van der Waals surface area contributed by atoms with Gasteiger partial charge in [0.1, 0.15) is 11.8 Å². The highest BCUT2D eigenvalue weighted by Crippen LogP contribution is 2.31. The van der Waals surface area contributed by atoms with Crippen LogP contribution in [0.15, 0.2) is 6.20 Å². The first-order valence-corrected chi connectivity index (χ1v) is 3.62. The van der Waals surface area contributed by atoms with E-state index in [4.69, 9.17) is 15.5 Å². The molecule has 0 unspecified atom stereocenters. The molecule has 1 heterocycles. The van der Waals surface area contributed by atoms with E-state index in [1.54, 1.807) is 0 Å². The van der Waals surface area contributed by atoms with Crippen LogP contribution in [0, 0.1) is 11.3 Å². The Morgan fingerprint density at radius 1 is 1.60 bits per heavy atom. The molecule has 0 amide bonds. The summed E-state index contributed by atoms with van der Waals surface area (Å²) < 4.78 is 24.8. The van der Waals surface area contributed by atoms with E-state index in [0.29, 0.717) is 6.20 Å². The van der Waals surface area contributed by atoms with Crippen LogP contribution < -0.4 is 0 Å². The molecule has 78 valence electrons. The molecule has 0 spiro atoms. The highest BCUT2D eigenvalue weighted by atomic mass is 19.3. The number of aromatic nitrogens is 1. The second-order valence-electron chi connectivity index (χ2n) is 2.50. The molecular formula is C8H4F2N2O3. The van der Waals surface area contributed by atoms with Gasteiger partial charge in [-0.2, -0.15) is 5.26 Å². The predicted molar refractivity (Wildman–Crippen MR) is 42.5 cm³/mol. The molecule has 1 aromatic rings. The highest BCUT2D eigenvalue weighted by molar-refractivity contribution is 5.89. The van der Waals surface area contributed by atoms with Gasteiger partial charge in [-0.15, -0.1) is 0 Å². The first kappa shape index (κ1) is 10.8. The summed E-state index contributed by atoms with van der Waals surface area (Å²) in [7, 11) is 0. The lowest BCUT2D eigenvalue weighted by Gasteiger charge is -2.06. The Hall–Kier alpha value is -2.23. The van der Waals surface area contributed by atoms with Gasteiger partial charge in [0.25, 0.3) is 6.43 Å². The lowest BCUT2D eigenvalue weighted by Crippen LogP contribution is -2.07. The summed E-state index contributed by atoms with van der Waals surface area (Å²) in [6, 6.07) is 1.28. The molecule has 0 aliphatic heterocycles. The molecule has 0 radical (unpaired) electrons. The number of hydrogen-bond acceptors (Lipinski definition) is 4. The highest BCUT2D eigenvalue weighted by Gasteiger charge is 2.24. The van der Waals surface area contributed by atoms with Crippen molar-refractivity contribution in [1.82, 2.24) is 4.98 Å². The van der Waals surface area contributed by atoms with E-state index in [1.165, 1.54) is 6.07 Å². The minimum absolute atomic E-state index is 0.575. The molecule has 5 nitrogen and oxygen atoms in total. The lowest BCUT2D eigenvalue weighted by molar-refractivity contribution is 0.0689. The normalized spacial score (nSPS) is 10.0. The van der Waals surface area contributed by atoms with Crippen LogP contribution in [-0.4, -0.2) is 21.2 Å². The maximum atomic E-state index is 12.4. The number of hydrogen-bond donors (Lipinski definition) is 2. The van der Waals surface area contributed by atoms with Crippen molar-refractivity contribution >= 4 is 5.97 Å². The Labute approximate surface area is 82.2 Å². The topological polar surface area (TPSA) is 94.2 Å². The molecule has 0 bridgehead atoms. The number of halogens is 2. The van der Waals surface area contributed by atoms with Gasteiger partial charge in [-0.25, -0.2) is 18.6 Å². The van der Waals surface area contributed by atoms with Gasteiger partial charge >= 0.3 is 5.97 Å². The summed E-state index contributed by atoms with van der Waals surface area (Å²) in [4.78, 5) is 13.7. The van der Waals surface area contributed by atoms with Crippen molar-refractivity contribution in [2.24, 2.45) is 0 Å². The summed E-state index contributed by atoms with van der Waals surface area (Å²) in [6.07, 6.45) is -2.56. The molecule has 1 aromatic heterocycles. The Morgan fingerprint density at radius 2 is 2.20 bits per heavy atom. The van der Waals surface area contributed by atoms with Crippen LogP contribution >= 0.6 is 0 Å². The van der Waals surface area contributed by atoms with Crippen LogP contribution in [0.4, 0.5) is 8.78 Å². The van der Waals surface area contributed by atoms with Crippen LogP contribution in [0.3, 0.4) is 0 Å². The summed E-state index contributed by atoms with van der Waals surface area (Å²) in [5.74, 6) is -2.50. The van der Waals surface area contributed by atoms with Crippen LogP contribution in [-0.2, 0) is 0 Å². The smallest absolute Gasteiger partial charge is 0.355 e. The van der Waals surface area contributed by atoms with E-state index in [2.05, 4.69) is 4.98 Å². The monoisotopic (exact) mass is 214 g/mol. The van der Waals surface area contributed by atoms with Crippen LogP contribution in [0.2, 0.25) is 0 Å². The first-order chi connectivity index (χ1) is 6.99. The number of nitrogens with zero attached hydrogens (tertiary/aromatic N) is 2. The molecule has 0 aliphatic carbocycles. The summed E-state index contributed by atoms with van der Waals surface area (Å²) >= 11 is 0. The average Bonchev–Trinajstić information content (AvgIpc) is 2.15. The van der Waals surface area contributed by atoms with Crippen LogP contribution in [0.1, 0.15) is 28.0 Å².